The van der Waals surface area contributed by atoms with Crippen LogP contribution in [0.1, 0.15) is 23.6 Å². The first-order chi connectivity index (χ1) is 13.7. The summed E-state index contributed by atoms with van der Waals surface area (Å²) >= 11 is 0. The fourth-order valence-corrected chi connectivity index (χ4v) is 3.42. The Bertz CT molecular complexity index is 996. The van der Waals surface area contributed by atoms with Crippen molar-refractivity contribution in [3.05, 3.63) is 77.9 Å². The molecule has 1 saturated heterocycles. The van der Waals surface area contributed by atoms with Gasteiger partial charge in [-0.3, -0.25) is 4.79 Å². The minimum atomic E-state index is -0.350. The Morgan fingerprint density at radius 1 is 1.07 bits per heavy atom. The Balaban J connectivity index is 1.38. The second-order valence-electron chi connectivity index (χ2n) is 6.71. The van der Waals surface area contributed by atoms with E-state index in [9.17, 15) is 4.79 Å². The van der Waals surface area contributed by atoms with Crippen molar-refractivity contribution >= 4 is 22.9 Å². The molecule has 2 unspecified atom stereocenters. The molecule has 1 aliphatic heterocycles. The summed E-state index contributed by atoms with van der Waals surface area (Å²) in [5.41, 5.74) is 11.0. The fourth-order valence-electron chi connectivity index (χ4n) is 3.42. The summed E-state index contributed by atoms with van der Waals surface area (Å²) < 4.78 is 5.12. The number of fused-ring (bicyclic) bond motifs is 1. The van der Waals surface area contributed by atoms with Gasteiger partial charge >= 0.3 is 0 Å². The van der Waals surface area contributed by atoms with Crippen LogP contribution in [0.3, 0.4) is 0 Å². The molecule has 0 aliphatic carbocycles. The SMILES string of the molecule is COc1ccc(/C=N/NC(=O)C2CC(c3cccc4ccccc34)NN2)cc1. The van der Waals surface area contributed by atoms with Gasteiger partial charge in [-0.1, -0.05) is 42.5 Å². The van der Waals surface area contributed by atoms with Gasteiger partial charge in [0.1, 0.15) is 11.8 Å². The summed E-state index contributed by atoms with van der Waals surface area (Å²) in [4.78, 5) is 12.4. The van der Waals surface area contributed by atoms with Crippen LogP contribution in [0.4, 0.5) is 0 Å². The van der Waals surface area contributed by atoms with Gasteiger partial charge < -0.3 is 4.74 Å². The van der Waals surface area contributed by atoms with Crippen LogP contribution >= 0.6 is 0 Å². The molecule has 0 saturated carbocycles. The quantitative estimate of drug-likeness (QED) is 0.474. The first-order valence-corrected chi connectivity index (χ1v) is 9.20. The van der Waals surface area contributed by atoms with E-state index < -0.39 is 0 Å². The molecule has 6 heteroatoms. The van der Waals surface area contributed by atoms with Crippen molar-refractivity contribution in [3.63, 3.8) is 0 Å². The Morgan fingerprint density at radius 3 is 2.68 bits per heavy atom. The van der Waals surface area contributed by atoms with Crippen LogP contribution in [-0.2, 0) is 4.79 Å². The summed E-state index contributed by atoms with van der Waals surface area (Å²) in [6.45, 7) is 0. The molecular weight excluding hydrogens is 352 g/mol. The number of carbonyl (C=O) groups excluding carboxylic acids is 1. The van der Waals surface area contributed by atoms with E-state index in [0.717, 1.165) is 11.3 Å². The van der Waals surface area contributed by atoms with Crippen molar-refractivity contribution in [2.45, 2.75) is 18.5 Å². The maximum atomic E-state index is 12.4. The molecule has 1 heterocycles. The van der Waals surface area contributed by atoms with Crippen LogP contribution < -0.4 is 21.0 Å². The smallest absolute Gasteiger partial charge is 0.258 e. The third kappa shape index (κ3) is 3.88. The highest BCUT2D eigenvalue weighted by molar-refractivity contribution is 5.87. The van der Waals surface area contributed by atoms with E-state index in [1.807, 2.05) is 42.5 Å². The number of hydrogen-bond acceptors (Lipinski definition) is 5. The lowest BCUT2D eigenvalue weighted by Crippen LogP contribution is -2.41. The Hall–Kier alpha value is -3.22. The first kappa shape index (κ1) is 18.2. The molecule has 142 valence electrons. The van der Waals surface area contributed by atoms with Crippen LogP contribution in [0, 0.1) is 0 Å². The normalized spacial score (nSPS) is 19.2. The summed E-state index contributed by atoms with van der Waals surface area (Å²) in [5.74, 6) is 0.613. The van der Waals surface area contributed by atoms with Gasteiger partial charge in [0.15, 0.2) is 0 Å². The van der Waals surface area contributed by atoms with Crippen molar-refractivity contribution < 1.29 is 9.53 Å². The number of carbonyl (C=O) groups is 1. The number of nitrogens with one attached hydrogen (secondary N) is 3. The molecule has 0 aromatic heterocycles. The molecular formula is C22H22N4O2. The van der Waals surface area contributed by atoms with Crippen molar-refractivity contribution in [2.24, 2.45) is 5.10 Å². The molecule has 3 aromatic carbocycles. The zero-order valence-corrected chi connectivity index (χ0v) is 15.6. The molecule has 1 fully saturated rings. The van der Waals surface area contributed by atoms with E-state index in [1.165, 1.54) is 16.3 Å². The van der Waals surface area contributed by atoms with Gasteiger partial charge in [-0.15, -0.1) is 0 Å². The van der Waals surface area contributed by atoms with E-state index in [4.69, 9.17) is 4.74 Å². The Kier molecular flexibility index (Phi) is 5.32. The van der Waals surface area contributed by atoms with Gasteiger partial charge in [0.2, 0.25) is 0 Å². The molecule has 3 aromatic rings. The van der Waals surface area contributed by atoms with E-state index in [1.54, 1.807) is 13.3 Å². The monoisotopic (exact) mass is 374 g/mol. The third-order valence-corrected chi connectivity index (χ3v) is 4.92. The number of amides is 1. The predicted molar refractivity (Wildman–Crippen MR) is 110 cm³/mol. The van der Waals surface area contributed by atoms with Crippen LogP contribution in [0.5, 0.6) is 5.75 Å². The minimum absolute atomic E-state index is 0.0624. The van der Waals surface area contributed by atoms with Gasteiger partial charge in [-0.2, -0.15) is 5.10 Å². The van der Waals surface area contributed by atoms with Crippen molar-refractivity contribution in [1.29, 1.82) is 0 Å². The maximum Gasteiger partial charge on any atom is 0.258 e. The van der Waals surface area contributed by atoms with Gasteiger partial charge in [-0.25, -0.2) is 16.3 Å². The lowest BCUT2D eigenvalue weighted by Gasteiger charge is -2.13. The van der Waals surface area contributed by atoms with Crippen LogP contribution in [0.2, 0.25) is 0 Å². The molecule has 4 rings (SSSR count). The van der Waals surface area contributed by atoms with Gasteiger partial charge in [0.25, 0.3) is 5.91 Å². The largest absolute Gasteiger partial charge is 0.497 e. The highest BCUT2D eigenvalue weighted by atomic mass is 16.5. The molecule has 0 bridgehead atoms. The summed E-state index contributed by atoms with van der Waals surface area (Å²) in [6, 6.07) is 21.7. The Labute approximate surface area is 163 Å². The summed E-state index contributed by atoms with van der Waals surface area (Å²) in [6.07, 6.45) is 2.26. The lowest BCUT2D eigenvalue weighted by molar-refractivity contribution is -0.122. The number of methoxy groups -OCH3 is 1. The maximum absolute atomic E-state index is 12.4. The lowest BCUT2D eigenvalue weighted by atomic mass is 9.96. The molecule has 0 radical (unpaired) electrons. The van der Waals surface area contributed by atoms with Crippen molar-refractivity contribution in [2.75, 3.05) is 7.11 Å². The second kappa shape index (κ2) is 8.21. The third-order valence-electron chi connectivity index (χ3n) is 4.92. The van der Waals surface area contributed by atoms with E-state index in [2.05, 4.69) is 45.6 Å². The molecule has 3 N–H and O–H groups in total. The predicted octanol–water partition coefficient (Wildman–Crippen LogP) is 2.91. The number of hydrogen-bond donors (Lipinski definition) is 3. The number of rotatable bonds is 5. The van der Waals surface area contributed by atoms with E-state index >= 15 is 0 Å². The summed E-state index contributed by atoms with van der Waals surface area (Å²) in [5, 5.41) is 6.45. The highest BCUT2D eigenvalue weighted by Gasteiger charge is 2.30. The second-order valence-corrected chi connectivity index (χ2v) is 6.71. The molecule has 0 spiro atoms. The Morgan fingerprint density at radius 2 is 1.86 bits per heavy atom. The zero-order valence-electron chi connectivity index (χ0n) is 15.6. The standard InChI is InChI=1S/C22H22N4O2/c1-28-17-11-9-15(10-12-17)14-23-26-22(27)21-13-20(24-25-21)19-8-4-6-16-5-2-3-7-18(16)19/h2-12,14,20-21,24-25H,13H2,1H3,(H,26,27)/b23-14+. The number of hydrazine groups is 1. The average Bonchev–Trinajstić information content (AvgIpc) is 3.24. The number of ether oxygens (including phenoxy) is 1. The van der Waals surface area contributed by atoms with E-state index in [-0.39, 0.29) is 18.0 Å². The molecule has 2 atom stereocenters. The fraction of sp³-hybridized carbons (Fsp3) is 0.182. The molecule has 1 aliphatic rings. The zero-order chi connectivity index (χ0) is 19.3. The van der Waals surface area contributed by atoms with Crippen molar-refractivity contribution in [1.82, 2.24) is 16.3 Å². The average molecular weight is 374 g/mol. The number of hydrazone groups is 1. The van der Waals surface area contributed by atoms with Crippen LogP contribution in [-0.4, -0.2) is 25.3 Å². The van der Waals surface area contributed by atoms with E-state index in [0.29, 0.717) is 6.42 Å². The van der Waals surface area contributed by atoms with Gasteiger partial charge in [0.05, 0.1) is 13.3 Å². The van der Waals surface area contributed by atoms with Crippen LogP contribution in [0.15, 0.2) is 71.8 Å². The molecule has 28 heavy (non-hydrogen) atoms. The number of nitrogens with zero attached hydrogens (tertiary/aromatic N) is 1. The van der Waals surface area contributed by atoms with Gasteiger partial charge in [0, 0.05) is 6.04 Å². The van der Waals surface area contributed by atoms with Crippen molar-refractivity contribution in [3.8, 4) is 5.75 Å². The summed E-state index contributed by atoms with van der Waals surface area (Å²) in [7, 11) is 1.62. The molecule has 6 nitrogen and oxygen atoms in total. The molecule has 1 amide bonds. The minimum Gasteiger partial charge on any atom is -0.497 e. The highest BCUT2D eigenvalue weighted by Crippen LogP contribution is 2.29. The van der Waals surface area contributed by atoms with Crippen LogP contribution in [0.25, 0.3) is 10.8 Å². The first-order valence-electron chi connectivity index (χ1n) is 9.20. The number of benzene rings is 3. The van der Waals surface area contributed by atoms with Gasteiger partial charge in [-0.05, 0) is 52.6 Å². The topological polar surface area (TPSA) is 74.8 Å².